The van der Waals surface area contributed by atoms with Crippen LogP contribution in [-0.2, 0) is 0 Å². The maximum absolute atomic E-state index is 10.7. The fourth-order valence-electron chi connectivity index (χ4n) is 1.09. The Morgan fingerprint density at radius 2 is 1.46 bits per heavy atom. The van der Waals surface area contributed by atoms with Crippen LogP contribution in [0.4, 0.5) is 0 Å². The van der Waals surface area contributed by atoms with E-state index in [1.807, 2.05) is 33.8 Å². The summed E-state index contributed by atoms with van der Waals surface area (Å²) in [6.07, 6.45) is 0. The Labute approximate surface area is 84.7 Å². The smallest absolute Gasteiger partial charge is 0.252 e. The minimum absolute atomic E-state index is 0.392. The molecule has 2 heteroatoms. The highest BCUT2D eigenvalue weighted by molar-refractivity contribution is 6.67. The van der Waals surface area contributed by atoms with E-state index in [9.17, 15) is 4.79 Å². The zero-order chi connectivity index (χ0) is 10.4. The summed E-state index contributed by atoms with van der Waals surface area (Å²) >= 11 is 5.31. The predicted octanol–water partition coefficient (Wildman–Crippen LogP) is 3.71. The van der Waals surface area contributed by atoms with Crippen molar-refractivity contribution in [3.63, 3.8) is 0 Å². The van der Waals surface area contributed by atoms with Gasteiger partial charge in [-0.05, 0) is 37.6 Å². The highest BCUT2D eigenvalue weighted by Crippen LogP contribution is 2.10. The standard InChI is InChI=1S/C9H9ClO.C2H6/c1-6-3-7(2)5-8(4-6)9(10)11;1-2/h3-5H,1-2H3;1-2H3. The molecule has 0 aromatic heterocycles. The molecule has 0 aliphatic heterocycles. The van der Waals surface area contributed by atoms with Crippen LogP contribution in [0.2, 0.25) is 0 Å². The van der Waals surface area contributed by atoms with E-state index < -0.39 is 5.24 Å². The third kappa shape index (κ3) is 4.09. The molecule has 0 radical (unpaired) electrons. The maximum Gasteiger partial charge on any atom is 0.252 e. The van der Waals surface area contributed by atoms with Crippen LogP contribution in [0.1, 0.15) is 35.3 Å². The lowest BCUT2D eigenvalue weighted by Crippen LogP contribution is -1.90. The van der Waals surface area contributed by atoms with E-state index in [2.05, 4.69) is 0 Å². The lowest BCUT2D eigenvalue weighted by Gasteiger charge is -1.98. The van der Waals surface area contributed by atoms with Gasteiger partial charge in [0.05, 0.1) is 0 Å². The highest BCUT2D eigenvalue weighted by atomic mass is 35.5. The molecule has 1 rings (SSSR count). The van der Waals surface area contributed by atoms with E-state index in [4.69, 9.17) is 11.6 Å². The van der Waals surface area contributed by atoms with Crippen molar-refractivity contribution >= 4 is 16.8 Å². The topological polar surface area (TPSA) is 17.1 Å². The number of hydrogen-bond donors (Lipinski definition) is 0. The highest BCUT2D eigenvalue weighted by Gasteiger charge is 2.01. The molecular formula is C11H15ClO. The molecule has 0 fully saturated rings. The van der Waals surface area contributed by atoms with Gasteiger partial charge in [0.1, 0.15) is 0 Å². The molecule has 0 aliphatic rings. The number of hydrogen-bond acceptors (Lipinski definition) is 1. The molecule has 0 saturated heterocycles. The fraction of sp³-hybridized carbons (Fsp3) is 0.364. The van der Waals surface area contributed by atoms with Crippen molar-refractivity contribution in [2.45, 2.75) is 27.7 Å². The second-order valence-corrected chi connectivity index (χ2v) is 2.99. The monoisotopic (exact) mass is 198 g/mol. The van der Waals surface area contributed by atoms with Crippen LogP contribution < -0.4 is 0 Å². The second-order valence-electron chi connectivity index (χ2n) is 2.65. The molecule has 0 saturated carbocycles. The van der Waals surface area contributed by atoms with Crippen LogP contribution in [-0.4, -0.2) is 5.24 Å². The summed E-state index contributed by atoms with van der Waals surface area (Å²) in [7, 11) is 0. The van der Waals surface area contributed by atoms with Crippen LogP contribution in [0.3, 0.4) is 0 Å². The number of rotatable bonds is 1. The first-order valence-electron chi connectivity index (χ1n) is 4.38. The SMILES string of the molecule is CC.Cc1cc(C)cc(C(=O)Cl)c1. The lowest BCUT2D eigenvalue weighted by atomic mass is 10.1. The predicted molar refractivity (Wildman–Crippen MR) is 57.4 cm³/mol. The molecule has 0 amide bonds. The summed E-state index contributed by atoms with van der Waals surface area (Å²) in [5.74, 6) is 0. The molecule has 0 aliphatic carbocycles. The minimum atomic E-state index is -0.392. The van der Waals surface area contributed by atoms with Gasteiger partial charge in [-0.3, -0.25) is 4.79 Å². The first-order chi connectivity index (χ1) is 6.09. The summed E-state index contributed by atoms with van der Waals surface area (Å²) in [6, 6.07) is 5.56. The van der Waals surface area contributed by atoms with Crippen LogP contribution >= 0.6 is 11.6 Å². The molecule has 0 N–H and O–H groups in total. The van der Waals surface area contributed by atoms with E-state index in [0.717, 1.165) is 11.1 Å². The van der Waals surface area contributed by atoms with Gasteiger partial charge in [-0.25, -0.2) is 0 Å². The molecule has 1 aromatic rings. The van der Waals surface area contributed by atoms with Gasteiger partial charge in [0.15, 0.2) is 0 Å². The third-order valence-corrected chi connectivity index (χ3v) is 1.67. The van der Waals surface area contributed by atoms with Gasteiger partial charge < -0.3 is 0 Å². The van der Waals surface area contributed by atoms with Crippen LogP contribution in [0.25, 0.3) is 0 Å². The zero-order valence-corrected chi connectivity index (χ0v) is 9.27. The van der Waals surface area contributed by atoms with E-state index in [1.165, 1.54) is 0 Å². The van der Waals surface area contributed by atoms with E-state index in [1.54, 1.807) is 12.1 Å². The zero-order valence-electron chi connectivity index (χ0n) is 8.52. The molecule has 1 nitrogen and oxygen atoms in total. The molecule has 0 bridgehead atoms. The van der Waals surface area contributed by atoms with Crippen molar-refractivity contribution < 1.29 is 4.79 Å². The largest absolute Gasteiger partial charge is 0.276 e. The summed E-state index contributed by atoms with van der Waals surface area (Å²) in [5, 5.41) is -0.392. The van der Waals surface area contributed by atoms with E-state index in [-0.39, 0.29) is 0 Å². The van der Waals surface area contributed by atoms with Crippen molar-refractivity contribution in [3.8, 4) is 0 Å². The molecular weight excluding hydrogens is 184 g/mol. The van der Waals surface area contributed by atoms with Crippen molar-refractivity contribution in [1.82, 2.24) is 0 Å². The number of benzene rings is 1. The number of carbonyl (C=O) groups is 1. The molecule has 0 heterocycles. The molecule has 0 unspecified atom stereocenters. The van der Waals surface area contributed by atoms with Gasteiger partial charge in [-0.1, -0.05) is 31.0 Å². The number of carbonyl (C=O) groups excluding carboxylic acids is 1. The lowest BCUT2D eigenvalue weighted by molar-refractivity contribution is 0.108. The maximum atomic E-state index is 10.7. The van der Waals surface area contributed by atoms with Crippen molar-refractivity contribution in [1.29, 1.82) is 0 Å². The van der Waals surface area contributed by atoms with Crippen LogP contribution in [0.15, 0.2) is 18.2 Å². The summed E-state index contributed by atoms with van der Waals surface area (Å²) < 4.78 is 0. The summed E-state index contributed by atoms with van der Waals surface area (Å²) in [5.41, 5.74) is 2.70. The van der Waals surface area contributed by atoms with Crippen molar-refractivity contribution in [2.75, 3.05) is 0 Å². The first-order valence-corrected chi connectivity index (χ1v) is 4.75. The quantitative estimate of drug-likeness (QED) is 0.629. The molecule has 0 atom stereocenters. The fourth-order valence-corrected chi connectivity index (χ4v) is 1.20. The van der Waals surface area contributed by atoms with Crippen molar-refractivity contribution in [2.24, 2.45) is 0 Å². The molecule has 72 valence electrons. The Balaban J connectivity index is 0.000000671. The average Bonchev–Trinajstić information content (AvgIpc) is 2.06. The van der Waals surface area contributed by atoms with E-state index >= 15 is 0 Å². The summed E-state index contributed by atoms with van der Waals surface area (Å²) in [6.45, 7) is 7.88. The van der Waals surface area contributed by atoms with E-state index in [0.29, 0.717) is 5.56 Å². The molecule has 0 spiro atoms. The second kappa shape index (κ2) is 5.76. The Morgan fingerprint density at radius 3 is 1.77 bits per heavy atom. The number of aryl methyl sites for hydroxylation is 2. The van der Waals surface area contributed by atoms with Gasteiger partial charge in [-0.15, -0.1) is 0 Å². The van der Waals surface area contributed by atoms with Gasteiger partial charge >= 0.3 is 0 Å². The molecule has 1 aromatic carbocycles. The minimum Gasteiger partial charge on any atom is -0.276 e. The van der Waals surface area contributed by atoms with Gasteiger partial charge in [0.2, 0.25) is 0 Å². The Hall–Kier alpha value is -0.820. The van der Waals surface area contributed by atoms with Crippen LogP contribution in [0, 0.1) is 13.8 Å². The number of halogens is 1. The van der Waals surface area contributed by atoms with Gasteiger partial charge in [0.25, 0.3) is 5.24 Å². The third-order valence-electron chi connectivity index (χ3n) is 1.45. The van der Waals surface area contributed by atoms with Gasteiger partial charge in [0, 0.05) is 5.56 Å². The van der Waals surface area contributed by atoms with Gasteiger partial charge in [-0.2, -0.15) is 0 Å². The van der Waals surface area contributed by atoms with Crippen molar-refractivity contribution in [3.05, 3.63) is 34.9 Å². The normalized spacial score (nSPS) is 8.69. The van der Waals surface area contributed by atoms with Crippen LogP contribution in [0.5, 0.6) is 0 Å². The molecule has 13 heavy (non-hydrogen) atoms. The summed E-state index contributed by atoms with van der Waals surface area (Å²) in [4.78, 5) is 10.7. The Morgan fingerprint density at radius 1 is 1.08 bits per heavy atom. The first kappa shape index (κ1) is 12.2. The average molecular weight is 199 g/mol. The Bertz CT molecular complexity index is 272. The Kier molecular flexibility index (Phi) is 5.40.